The van der Waals surface area contributed by atoms with Crippen LogP contribution in [-0.2, 0) is 25.0 Å². The summed E-state index contributed by atoms with van der Waals surface area (Å²) >= 11 is 0. The summed E-state index contributed by atoms with van der Waals surface area (Å²) in [6.07, 6.45) is 2.72. The van der Waals surface area contributed by atoms with E-state index in [9.17, 15) is 23.1 Å². The fourth-order valence-electron chi connectivity index (χ4n) is 3.14. The van der Waals surface area contributed by atoms with Gasteiger partial charge in [0.05, 0.1) is 5.75 Å². The number of hydrogen-bond donors (Lipinski definition) is 2. The number of aliphatic carboxylic acids is 1. The summed E-state index contributed by atoms with van der Waals surface area (Å²) < 4.78 is 23.0. The van der Waals surface area contributed by atoms with Gasteiger partial charge in [-0.1, -0.05) is 37.3 Å². The first-order valence-electron chi connectivity index (χ1n) is 7.90. The third-order valence-electron chi connectivity index (χ3n) is 4.58. The summed E-state index contributed by atoms with van der Waals surface area (Å²) in [4.78, 5) is 24.4. The molecule has 1 aromatic carbocycles. The van der Waals surface area contributed by atoms with Gasteiger partial charge in [0.15, 0.2) is 5.54 Å². The molecule has 1 saturated carbocycles. The fourth-order valence-corrected chi connectivity index (χ4v) is 4.65. The average Bonchev–Trinajstić information content (AvgIpc) is 3.22. The van der Waals surface area contributed by atoms with Gasteiger partial charge in [-0.15, -0.1) is 0 Å². The van der Waals surface area contributed by atoms with Crippen LogP contribution in [0.4, 0.5) is 0 Å². The molecule has 0 aliphatic heterocycles. The van der Waals surface area contributed by atoms with Gasteiger partial charge in [0.25, 0.3) is 0 Å². The highest BCUT2D eigenvalue weighted by atomic mass is 32.2. The van der Waals surface area contributed by atoms with E-state index in [1.807, 2.05) is 0 Å². The van der Waals surface area contributed by atoms with Gasteiger partial charge >= 0.3 is 5.97 Å². The molecule has 24 heavy (non-hydrogen) atoms. The predicted octanol–water partition coefficient (Wildman–Crippen LogP) is 1.71. The van der Waals surface area contributed by atoms with Gasteiger partial charge in [-0.25, -0.2) is 13.2 Å². The second-order valence-electron chi connectivity index (χ2n) is 6.73. The third-order valence-corrected chi connectivity index (χ3v) is 5.71. The van der Waals surface area contributed by atoms with Gasteiger partial charge in [0.1, 0.15) is 9.84 Å². The normalized spacial score (nSPS) is 18.4. The van der Waals surface area contributed by atoms with Gasteiger partial charge in [-0.2, -0.15) is 0 Å². The molecular weight excluding hydrogens is 330 g/mol. The third kappa shape index (κ3) is 4.14. The van der Waals surface area contributed by atoms with E-state index in [2.05, 4.69) is 5.32 Å². The maximum Gasteiger partial charge on any atom is 0.334 e. The van der Waals surface area contributed by atoms with Crippen molar-refractivity contribution in [3.05, 3.63) is 35.9 Å². The summed E-state index contributed by atoms with van der Waals surface area (Å²) in [5.74, 6) is -1.59. The van der Waals surface area contributed by atoms with Crippen LogP contribution in [0, 0.1) is 5.41 Å². The average molecular weight is 353 g/mol. The summed E-state index contributed by atoms with van der Waals surface area (Å²) in [6.45, 7) is 1.70. The number of sulfone groups is 1. The van der Waals surface area contributed by atoms with Crippen molar-refractivity contribution in [2.24, 2.45) is 5.41 Å². The van der Waals surface area contributed by atoms with E-state index in [0.717, 1.165) is 6.26 Å². The van der Waals surface area contributed by atoms with Gasteiger partial charge < -0.3 is 10.4 Å². The number of carboxylic acids is 1. The summed E-state index contributed by atoms with van der Waals surface area (Å²) in [5, 5.41) is 12.4. The van der Waals surface area contributed by atoms with Crippen LogP contribution in [0.15, 0.2) is 30.3 Å². The largest absolute Gasteiger partial charge is 0.479 e. The first-order chi connectivity index (χ1) is 11.1. The molecule has 1 fully saturated rings. The zero-order valence-electron chi connectivity index (χ0n) is 13.9. The number of carbonyl (C=O) groups is 2. The molecule has 1 aliphatic carbocycles. The minimum Gasteiger partial charge on any atom is -0.479 e. The number of benzene rings is 1. The Labute approximate surface area is 142 Å². The SMILES string of the molecule is CCC(NC(=O)CC1(CS(C)(=O)=O)CC1)(C(=O)O)c1ccccc1. The van der Waals surface area contributed by atoms with Crippen LogP contribution in [0.1, 0.15) is 38.2 Å². The monoisotopic (exact) mass is 353 g/mol. The van der Waals surface area contributed by atoms with E-state index in [4.69, 9.17) is 0 Å². The minimum absolute atomic E-state index is 0.0297. The van der Waals surface area contributed by atoms with E-state index in [-0.39, 0.29) is 18.6 Å². The molecule has 0 radical (unpaired) electrons. The van der Waals surface area contributed by atoms with Crippen molar-refractivity contribution in [2.75, 3.05) is 12.0 Å². The molecule has 0 spiro atoms. The quantitative estimate of drug-likeness (QED) is 0.741. The number of carbonyl (C=O) groups excluding carboxylic acids is 1. The predicted molar refractivity (Wildman–Crippen MR) is 90.2 cm³/mol. The second kappa shape index (κ2) is 6.55. The van der Waals surface area contributed by atoms with Crippen molar-refractivity contribution in [3.8, 4) is 0 Å². The van der Waals surface area contributed by atoms with Crippen LogP contribution < -0.4 is 5.32 Å². The molecule has 2 N–H and O–H groups in total. The molecule has 7 heteroatoms. The molecule has 0 bridgehead atoms. The molecule has 1 aliphatic rings. The first kappa shape index (κ1) is 18.4. The van der Waals surface area contributed by atoms with Crippen LogP contribution >= 0.6 is 0 Å². The lowest BCUT2D eigenvalue weighted by Gasteiger charge is -2.30. The number of hydrogen-bond acceptors (Lipinski definition) is 4. The van der Waals surface area contributed by atoms with E-state index in [1.165, 1.54) is 0 Å². The molecule has 0 saturated heterocycles. The molecule has 1 unspecified atom stereocenters. The van der Waals surface area contributed by atoms with Crippen molar-refractivity contribution in [1.29, 1.82) is 0 Å². The van der Waals surface area contributed by atoms with Crippen molar-refractivity contribution in [3.63, 3.8) is 0 Å². The van der Waals surface area contributed by atoms with Gasteiger partial charge in [0.2, 0.25) is 5.91 Å². The Bertz CT molecular complexity index is 725. The number of rotatable bonds is 8. The Kier molecular flexibility index (Phi) is 5.03. The number of nitrogens with one attached hydrogen (secondary N) is 1. The van der Waals surface area contributed by atoms with Crippen molar-refractivity contribution < 1.29 is 23.1 Å². The highest BCUT2D eigenvalue weighted by molar-refractivity contribution is 7.90. The van der Waals surface area contributed by atoms with Crippen LogP contribution in [0.25, 0.3) is 0 Å². The van der Waals surface area contributed by atoms with Crippen LogP contribution in [0.2, 0.25) is 0 Å². The van der Waals surface area contributed by atoms with Crippen molar-refractivity contribution in [1.82, 2.24) is 5.32 Å². The van der Waals surface area contributed by atoms with E-state index in [1.54, 1.807) is 37.3 Å². The van der Waals surface area contributed by atoms with Crippen molar-refractivity contribution in [2.45, 2.75) is 38.1 Å². The summed E-state index contributed by atoms with van der Waals surface area (Å²) in [7, 11) is -3.18. The maximum atomic E-state index is 12.5. The topological polar surface area (TPSA) is 101 Å². The lowest BCUT2D eigenvalue weighted by atomic mass is 9.86. The molecule has 0 aromatic heterocycles. The summed E-state index contributed by atoms with van der Waals surface area (Å²) in [5.41, 5.74) is -1.53. The molecule has 1 amide bonds. The van der Waals surface area contributed by atoms with Crippen LogP contribution in [0.5, 0.6) is 0 Å². The zero-order valence-corrected chi connectivity index (χ0v) is 14.7. The highest BCUT2D eigenvalue weighted by Gasteiger charge is 2.48. The molecule has 132 valence electrons. The minimum atomic E-state index is -3.18. The Hall–Kier alpha value is -1.89. The Morgan fingerprint density at radius 3 is 2.25 bits per heavy atom. The van der Waals surface area contributed by atoms with Gasteiger partial charge in [0, 0.05) is 12.7 Å². The molecular formula is C17H23NO5S. The number of carboxylic acid groups (broad SMARTS) is 1. The first-order valence-corrected chi connectivity index (χ1v) is 9.96. The molecule has 2 rings (SSSR count). The fraction of sp³-hybridized carbons (Fsp3) is 0.529. The Morgan fingerprint density at radius 1 is 1.25 bits per heavy atom. The summed E-state index contributed by atoms with van der Waals surface area (Å²) in [6, 6.07) is 8.56. The van der Waals surface area contributed by atoms with Gasteiger partial charge in [-0.05, 0) is 30.2 Å². The Balaban J connectivity index is 2.19. The van der Waals surface area contributed by atoms with E-state index >= 15 is 0 Å². The highest BCUT2D eigenvalue weighted by Crippen LogP contribution is 2.49. The Morgan fingerprint density at radius 2 is 1.83 bits per heavy atom. The van der Waals surface area contributed by atoms with Gasteiger partial charge in [-0.3, -0.25) is 4.79 Å². The second-order valence-corrected chi connectivity index (χ2v) is 8.87. The lowest BCUT2D eigenvalue weighted by Crippen LogP contribution is -2.52. The molecule has 6 nitrogen and oxygen atoms in total. The smallest absolute Gasteiger partial charge is 0.334 e. The standard InChI is InChI=1S/C17H23NO5S/c1-3-17(15(20)21,13-7-5-4-6-8-13)18-14(19)11-16(9-10-16)12-24(2,22)23/h4-8H,3,9-12H2,1-2H3,(H,18,19)(H,20,21). The van der Waals surface area contributed by atoms with Crippen LogP contribution in [-0.4, -0.2) is 37.4 Å². The zero-order chi connectivity index (χ0) is 18.0. The molecule has 1 atom stereocenters. The van der Waals surface area contributed by atoms with E-state index < -0.39 is 32.7 Å². The van der Waals surface area contributed by atoms with E-state index in [0.29, 0.717) is 18.4 Å². The van der Waals surface area contributed by atoms with Crippen molar-refractivity contribution >= 4 is 21.7 Å². The molecule has 1 aromatic rings. The molecule has 0 heterocycles. The lowest BCUT2D eigenvalue weighted by molar-refractivity contribution is -0.148. The maximum absolute atomic E-state index is 12.5. The van der Waals surface area contributed by atoms with Crippen LogP contribution in [0.3, 0.4) is 0 Å². The number of amides is 1.